The van der Waals surface area contributed by atoms with Gasteiger partial charge in [-0.05, 0) is 0 Å². The average Bonchev–Trinajstić information content (AvgIpc) is 3.14. The Morgan fingerprint density at radius 3 is 1.46 bits per heavy atom. The Bertz CT molecular complexity index is 1060. The molecule has 0 saturated heterocycles. The van der Waals surface area contributed by atoms with Gasteiger partial charge >= 0.3 is 179 Å². The minimum atomic E-state index is -4.14. The van der Waals surface area contributed by atoms with Gasteiger partial charge in [0.2, 0.25) is 0 Å². The van der Waals surface area contributed by atoms with Crippen molar-refractivity contribution in [3.8, 4) is 0 Å². The van der Waals surface area contributed by atoms with Gasteiger partial charge in [-0.15, -0.1) is 0 Å². The van der Waals surface area contributed by atoms with Gasteiger partial charge in [0.15, 0.2) is 0 Å². The van der Waals surface area contributed by atoms with E-state index in [2.05, 4.69) is 89.3 Å². The molecule has 0 amide bonds. The Labute approximate surface area is 178 Å². The Hall–Kier alpha value is -0.569. The summed E-state index contributed by atoms with van der Waals surface area (Å²) >= 11 is -4.14. The molecule has 0 N–H and O–H groups in total. The number of hydrogen-bond acceptors (Lipinski definition) is 0. The van der Waals surface area contributed by atoms with Crippen molar-refractivity contribution in [3.63, 3.8) is 0 Å². The standard InChI is InChI=1S/2C11H11.C2H6Si.2ClH.Ti/c2*1-8-6-10-5-3-4-9(2)11(10)7-8;1-3-2;;;/h2*3-7H,1-2H3;1-2H3;2*1H;/q;;;;;+2/p-2. The molecule has 146 valence electrons. The molecule has 4 heteroatoms. The first kappa shape index (κ1) is 20.7. The summed E-state index contributed by atoms with van der Waals surface area (Å²) in [5.74, 6) is 0. The van der Waals surface area contributed by atoms with Crippen molar-refractivity contribution in [2.24, 2.45) is 0 Å². The monoisotopic (exact) mass is 462 g/mol. The summed E-state index contributed by atoms with van der Waals surface area (Å²) in [6.07, 6.45) is 3.72. The predicted molar refractivity (Wildman–Crippen MR) is 124 cm³/mol. The van der Waals surface area contributed by atoms with E-state index in [4.69, 9.17) is 18.6 Å². The van der Waals surface area contributed by atoms with Gasteiger partial charge in [0, 0.05) is 0 Å². The van der Waals surface area contributed by atoms with Crippen LogP contribution < -0.4 is 0 Å². The van der Waals surface area contributed by atoms with Crippen molar-refractivity contribution < 1.29 is 11.9 Å². The second-order valence-electron chi connectivity index (χ2n) is 8.95. The van der Waals surface area contributed by atoms with Crippen molar-refractivity contribution in [1.29, 1.82) is 0 Å². The van der Waals surface area contributed by atoms with E-state index in [0.717, 1.165) is 0 Å². The van der Waals surface area contributed by atoms with Gasteiger partial charge in [-0.1, -0.05) is 0 Å². The summed E-state index contributed by atoms with van der Waals surface area (Å²) < 4.78 is 0.359. The van der Waals surface area contributed by atoms with E-state index < -0.39 is 18.1 Å². The van der Waals surface area contributed by atoms with Crippen molar-refractivity contribution in [3.05, 3.63) is 80.9 Å². The van der Waals surface area contributed by atoms with Crippen molar-refractivity contribution >= 4 is 36.9 Å². The average molecular weight is 463 g/mol. The van der Waals surface area contributed by atoms with Crippen LogP contribution in [0.4, 0.5) is 0 Å². The number of aryl methyl sites for hydroxylation is 2. The molecule has 2 aliphatic rings. The first-order valence-corrected chi connectivity index (χ1v) is 20.9. The quantitative estimate of drug-likeness (QED) is 0.394. The van der Waals surface area contributed by atoms with E-state index in [1.165, 1.54) is 44.5 Å². The van der Waals surface area contributed by atoms with Gasteiger partial charge in [-0.25, -0.2) is 0 Å². The molecule has 0 fully saturated rings. The second-order valence-corrected chi connectivity index (χ2v) is 35.6. The van der Waals surface area contributed by atoms with E-state index in [1.54, 1.807) is 0 Å². The third-order valence-corrected chi connectivity index (χ3v) is 38.9. The molecule has 2 aromatic carbocycles. The fourth-order valence-electron chi connectivity index (χ4n) is 5.57. The molecular formula is C24H28Cl2SiTi. The van der Waals surface area contributed by atoms with Crippen molar-refractivity contribution in [2.45, 2.75) is 49.2 Å². The van der Waals surface area contributed by atoms with Crippen LogP contribution in [-0.4, -0.2) is 6.19 Å². The first-order chi connectivity index (χ1) is 13.1. The Balaban J connectivity index is 2.06. The van der Waals surface area contributed by atoms with Crippen LogP contribution in [0.2, 0.25) is 13.1 Å². The fourth-order valence-corrected chi connectivity index (χ4v) is 26.0. The molecule has 2 aliphatic carbocycles. The number of fused-ring (bicyclic) bond motifs is 2. The molecule has 2 unspecified atom stereocenters. The van der Waals surface area contributed by atoms with E-state index >= 15 is 0 Å². The third-order valence-electron chi connectivity index (χ3n) is 7.01. The number of rotatable bonds is 2. The molecule has 2 aromatic rings. The third kappa shape index (κ3) is 2.67. The molecule has 28 heavy (non-hydrogen) atoms. The molecule has 0 spiro atoms. The van der Waals surface area contributed by atoms with Crippen LogP contribution in [0.15, 0.2) is 47.5 Å². The fraction of sp³-hybridized carbons (Fsp3) is 0.333. The first-order valence-electron chi connectivity index (χ1n) is 10.0. The summed E-state index contributed by atoms with van der Waals surface area (Å²) in [6.45, 7) is 13.6. The zero-order valence-corrected chi connectivity index (χ0v) is 21.6. The zero-order valence-electron chi connectivity index (χ0n) is 17.5. The number of benzene rings is 2. The van der Waals surface area contributed by atoms with Crippen LogP contribution in [0.25, 0.3) is 12.2 Å². The molecule has 0 aliphatic heterocycles. The van der Waals surface area contributed by atoms with Crippen molar-refractivity contribution in [2.75, 3.05) is 0 Å². The molecule has 0 radical (unpaired) electrons. The van der Waals surface area contributed by atoms with Gasteiger partial charge in [-0.2, -0.15) is 0 Å². The van der Waals surface area contributed by atoms with E-state index in [-0.39, 0.29) is 8.45 Å². The van der Waals surface area contributed by atoms with Crippen molar-refractivity contribution in [1.82, 2.24) is 0 Å². The Kier molecular flexibility index (Phi) is 4.97. The molecular weight excluding hydrogens is 435 g/mol. The maximum atomic E-state index is 8.01. The zero-order chi connectivity index (χ0) is 20.5. The second kappa shape index (κ2) is 6.72. The van der Waals surface area contributed by atoms with Crippen LogP contribution in [0.1, 0.15) is 55.7 Å². The number of allylic oxidation sites excluding steroid dienone is 2. The minimum absolute atomic E-state index is 0.180. The predicted octanol–water partition coefficient (Wildman–Crippen LogP) is 8.17. The SMILES string of the molecule is CC1=Cc2c(C)cccc2[CH]1[Ti]([Cl])([Cl])([CH]1C(C)=Cc2c(C)cccc21)=[Si](C)C. The normalized spacial score (nSPS) is 21.2. The topological polar surface area (TPSA) is 0 Å². The summed E-state index contributed by atoms with van der Waals surface area (Å²) in [5, 5.41) is 0. The van der Waals surface area contributed by atoms with Gasteiger partial charge in [0.05, 0.1) is 0 Å². The molecule has 0 aromatic heterocycles. The summed E-state index contributed by atoms with van der Waals surface area (Å²) in [4.78, 5) is 0. The van der Waals surface area contributed by atoms with Crippen LogP contribution >= 0.6 is 18.6 Å². The van der Waals surface area contributed by atoms with Crippen LogP contribution in [0, 0.1) is 13.8 Å². The Morgan fingerprint density at radius 1 is 0.714 bits per heavy atom. The molecule has 2 atom stereocenters. The molecule has 0 bridgehead atoms. The number of hydrogen-bond donors (Lipinski definition) is 0. The summed E-state index contributed by atoms with van der Waals surface area (Å²) in [5.41, 5.74) is 10.7. The Morgan fingerprint density at radius 2 is 1.11 bits per heavy atom. The van der Waals surface area contributed by atoms with Gasteiger partial charge in [-0.3, -0.25) is 0 Å². The van der Waals surface area contributed by atoms with E-state index in [1.807, 2.05) is 0 Å². The van der Waals surface area contributed by atoms with Gasteiger partial charge in [0.25, 0.3) is 0 Å². The van der Waals surface area contributed by atoms with Gasteiger partial charge < -0.3 is 0 Å². The van der Waals surface area contributed by atoms with Crippen LogP contribution in [0.3, 0.4) is 0 Å². The molecule has 0 nitrogen and oxygen atoms in total. The van der Waals surface area contributed by atoms with Crippen LogP contribution in [0.5, 0.6) is 0 Å². The van der Waals surface area contributed by atoms with E-state index in [9.17, 15) is 0 Å². The molecule has 0 saturated carbocycles. The molecule has 0 heterocycles. The molecule has 4 rings (SSSR count). The van der Waals surface area contributed by atoms with Gasteiger partial charge in [0.1, 0.15) is 0 Å². The number of halogens is 2. The van der Waals surface area contributed by atoms with Crippen LogP contribution in [-0.2, 0) is 11.9 Å². The van der Waals surface area contributed by atoms with E-state index in [0.29, 0.717) is 0 Å². The summed E-state index contributed by atoms with van der Waals surface area (Å²) in [6, 6.07) is 13.3. The summed E-state index contributed by atoms with van der Waals surface area (Å²) in [7, 11) is 16.0. The maximum absolute atomic E-state index is 8.01.